The van der Waals surface area contributed by atoms with Crippen LogP contribution in [0.25, 0.3) is 21.3 Å². The quantitative estimate of drug-likeness (QED) is 0.673. The number of aryl methyl sites for hydroxylation is 1. The third-order valence-electron chi connectivity index (χ3n) is 3.18. The summed E-state index contributed by atoms with van der Waals surface area (Å²) in [6.45, 7) is 1.83. The van der Waals surface area contributed by atoms with Crippen molar-refractivity contribution in [2.75, 3.05) is 14.2 Å². The Morgan fingerprint density at radius 1 is 1.10 bits per heavy atom. The van der Waals surface area contributed by atoms with Gasteiger partial charge in [-0.3, -0.25) is 0 Å². The molecule has 21 heavy (non-hydrogen) atoms. The molecule has 0 unspecified atom stereocenters. The van der Waals surface area contributed by atoms with E-state index in [9.17, 15) is 0 Å². The van der Waals surface area contributed by atoms with Gasteiger partial charge in [0.2, 0.25) is 0 Å². The standard InChI is InChI=1S/C15H13ClN2O2S/c1-8-17-13-10(7-21-14(13)15(16)18-8)9-4-5-11(19-2)12(6-9)20-3/h4-7H,1-3H3. The zero-order valence-electron chi connectivity index (χ0n) is 11.8. The van der Waals surface area contributed by atoms with E-state index >= 15 is 0 Å². The molecule has 0 amide bonds. The summed E-state index contributed by atoms with van der Waals surface area (Å²) in [6, 6.07) is 5.80. The SMILES string of the molecule is COc1ccc(-c2csc3c(Cl)nc(C)nc23)cc1OC. The number of ether oxygens (including phenoxy) is 2. The lowest BCUT2D eigenvalue weighted by Gasteiger charge is -2.09. The highest BCUT2D eigenvalue weighted by molar-refractivity contribution is 7.18. The number of hydrogen-bond acceptors (Lipinski definition) is 5. The predicted molar refractivity (Wildman–Crippen MR) is 85.7 cm³/mol. The van der Waals surface area contributed by atoms with Crippen LogP contribution in [-0.4, -0.2) is 24.2 Å². The number of thiophene rings is 1. The van der Waals surface area contributed by atoms with E-state index in [2.05, 4.69) is 9.97 Å². The van der Waals surface area contributed by atoms with Crippen LogP contribution in [0.1, 0.15) is 5.82 Å². The molecule has 2 heterocycles. The van der Waals surface area contributed by atoms with E-state index in [-0.39, 0.29) is 0 Å². The molecule has 0 saturated carbocycles. The van der Waals surface area contributed by atoms with Crippen molar-refractivity contribution in [3.05, 3.63) is 34.6 Å². The second-order valence-electron chi connectivity index (χ2n) is 4.46. The van der Waals surface area contributed by atoms with Crippen molar-refractivity contribution < 1.29 is 9.47 Å². The molecule has 0 aliphatic carbocycles. The van der Waals surface area contributed by atoms with Crippen LogP contribution in [0, 0.1) is 6.92 Å². The van der Waals surface area contributed by atoms with Crippen molar-refractivity contribution in [1.29, 1.82) is 0 Å². The summed E-state index contributed by atoms with van der Waals surface area (Å²) in [4.78, 5) is 8.70. The second kappa shape index (κ2) is 5.50. The van der Waals surface area contributed by atoms with Gasteiger partial charge in [0.15, 0.2) is 16.7 Å². The summed E-state index contributed by atoms with van der Waals surface area (Å²) in [6.07, 6.45) is 0. The Labute approximate surface area is 131 Å². The minimum Gasteiger partial charge on any atom is -0.493 e. The van der Waals surface area contributed by atoms with Gasteiger partial charge < -0.3 is 9.47 Å². The van der Waals surface area contributed by atoms with Crippen molar-refractivity contribution in [1.82, 2.24) is 9.97 Å². The maximum absolute atomic E-state index is 6.18. The highest BCUT2D eigenvalue weighted by Gasteiger charge is 2.14. The molecule has 0 aliphatic heterocycles. The lowest BCUT2D eigenvalue weighted by molar-refractivity contribution is 0.355. The topological polar surface area (TPSA) is 44.2 Å². The molecule has 0 saturated heterocycles. The molecule has 0 N–H and O–H groups in total. The fraction of sp³-hybridized carbons (Fsp3) is 0.200. The Bertz CT molecular complexity index is 817. The fourth-order valence-electron chi connectivity index (χ4n) is 2.20. The van der Waals surface area contributed by atoms with Gasteiger partial charge in [0.25, 0.3) is 0 Å². The number of nitrogens with zero attached hydrogens (tertiary/aromatic N) is 2. The smallest absolute Gasteiger partial charge is 0.161 e. The van der Waals surface area contributed by atoms with E-state index in [1.165, 1.54) is 11.3 Å². The predicted octanol–water partition coefficient (Wildman–Crippen LogP) is 4.34. The average molecular weight is 321 g/mol. The van der Waals surface area contributed by atoms with Crippen LogP contribution in [0.15, 0.2) is 23.6 Å². The number of halogens is 1. The lowest BCUT2D eigenvalue weighted by atomic mass is 10.1. The summed E-state index contributed by atoms with van der Waals surface area (Å²) in [5, 5.41) is 2.53. The minimum atomic E-state index is 0.495. The molecule has 6 heteroatoms. The van der Waals surface area contributed by atoms with E-state index in [1.54, 1.807) is 14.2 Å². The number of hydrogen-bond donors (Lipinski definition) is 0. The van der Waals surface area contributed by atoms with E-state index in [0.717, 1.165) is 21.3 Å². The highest BCUT2D eigenvalue weighted by Crippen LogP contribution is 2.39. The molecule has 4 nitrogen and oxygen atoms in total. The van der Waals surface area contributed by atoms with E-state index < -0.39 is 0 Å². The van der Waals surface area contributed by atoms with Gasteiger partial charge in [-0.05, 0) is 24.6 Å². The molecule has 3 aromatic rings. The first-order valence-electron chi connectivity index (χ1n) is 6.27. The zero-order chi connectivity index (χ0) is 15.0. The monoisotopic (exact) mass is 320 g/mol. The van der Waals surface area contributed by atoms with E-state index in [0.29, 0.717) is 22.5 Å². The molecule has 0 spiro atoms. The van der Waals surface area contributed by atoms with Gasteiger partial charge in [-0.1, -0.05) is 17.7 Å². The first kappa shape index (κ1) is 14.1. The molecular formula is C15H13ClN2O2S. The number of benzene rings is 1. The third kappa shape index (κ3) is 2.43. The Hall–Kier alpha value is -1.85. The van der Waals surface area contributed by atoms with Crippen molar-refractivity contribution in [3.8, 4) is 22.6 Å². The molecule has 0 radical (unpaired) electrons. The average Bonchev–Trinajstić information content (AvgIpc) is 2.90. The van der Waals surface area contributed by atoms with Gasteiger partial charge in [-0.15, -0.1) is 11.3 Å². The highest BCUT2D eigenvalue weighted by atomic mass is 35.5. The molecule has 0 atom stereocenters. The van der Waals surface area contributed by atoms with Gasteiger partial charge >= 0.3 is 0 Å². The van der Waals surface area contributed by atoms with Crippen LogP contribution < -0.4 is 9.47 Å². The molecular weight excluding hydrogens is 308 g/mol. The summed E-state index contributed by atoms with van der Waals surface area (Å²) < 4.78 is 11.5. The van der Waals surface area contributed by atoms with E-state index in [4.69, 9.17) is 21.1 Å². The van der Waals surface area contributed by atoms with E-state index in [1.807, 2.05) is 30.5 Å². The number of aromatic nitrogens is 2. The van der Waals surface area contributed by atoms with Crippen molar-refractivity contribution in [2.45, 2.75) is 6.92 Å². The number of methoxy groups -OCH3 is 2. The van der Waals surface area contributed by atoms with Gasteiger partial charge in [0.1, 0.15) is 5.82 Å². The van der Waals surface area contributed by atoms with Crippen LogP contribution in [0.5, 0.6) is 11.5 Å². The van der Waals surface area contributed by atoms with Crippen molar-refractivity contribution in [3.63, 3.8) is 0 Å². The maximum Gasteiger partial charge on any atom is 0.161 e. The Morgan fingerprint density at radius 2 is 1.86 bits per heavy atom. The Morgan fingerprint density at radius 3 is 2.57 bits per heavy atom. The number of fused-ring (bicyclic) bond motifs is 1. The number of rotatable bonds is 3. The van der Waals surface area contributed by atoms with Gasteiger partial charge in [0, 0.05) is 10.9 Å². The van der Waals surface area contributed by atoms with Gasteiger partial charge in [-0.25, -0.2) is 9.97 Å². The molecule has 3 rings (SSSR count). The van der Waals surface area contributed by atoms with Crippen molar-refractivity contribution >= 4 is 33.2 Å². The molecule has 1 aromatic carbocycles. The van der Waals surface area contributed by atoms with Crippen LogP contribution >= 0.6 is 22.9 Å². The van der Waals surface area contributed by atoms with Gasteiger partial charge in [0.05, 0.1) is 24.4 Å². The molecule has 0 aliphatic rings. The first-order valence-corrected chi connectivity index (χ1v) is 7.53. The van der Waals surface area contributed by atoms with Gasteiger partial charge in [-0.2, -0.15) is 0 Å². The zero-order valence-corrected chi connectivity index (χ0v) is 13.4. The minimum absolute atomic E-state index is 0.495. The third-order valence-corrected chi connectivity index (χ3v) is 4.54. The fourth-order valence-corrected chi connectivity index (χ4v) is 3.44. The summed E-state index contributed by atoms with van der Waals surface area (Å²) in [5.74, 6) is 2.04. The largest absolute Gasteiger partial charge is 0.493 e. The second-order valence-corrected chi connectivity index (χ2v) is 5.70. The Kier molecular flexibility index (Phi) is 3.69. The maximum atomic E-state index is 6.18. The Balaban J connectivity index is 2.21. The van der Waals surface area contributed by atoms with Crippen LogP contribution in [-0.2, 0) is 0 Å². The summed E-state index contributed by atoms with van der Waals surface area (Å²) >= 11 is 7.72. The molecule has 0 fully saturated rings. The molecule has 2 aromatic heterocycles. The molecule has 0 bridgehead atoms. The van der Waals surface area contributed by atoms with Crippen molar-refractivity contribution in [2.24, 2.45) is 0 Å². The first-order chi connectivity index (χ1) is 10.1. The van der Waals surface area contributed by atoms with Crippen LogP contribution in [0.4, 0.5) is 0 Å². The van der Waals surface area contributed by atoms with Crippen LogP contribution in [0.3, 0.4) is 0 Å². The lowest BCUT2D eigenvalue weighted by Crippen LogP contribution is -1.91. The summed E-state index contributed by atoms with van der Waals surface area (Å²) in [7, 11) is 3.24. The van der Waals surface area contributed by atoms with Crippen LogP contribution in [0.2, 0.25) is 5.15 Å². The summed E-state index contributed by atoms with van der Waals surface area (Å²) in [5.41, 5.74) is 2.89. The molecule has 108 valence electrons. The normalized spacial score (nSPS) is 10.9.